The number of nitriles is 1. The van der Waals surface area contributed by atoms with Crippen LogP contribution in [0.1, 0.15) is 52.1 Å². The van der Waals surface area contributed by atoms with Crippen LogP contribution in [-0.2, 0) is 16.1 Å². The highest BCUT2D eigenvalue weighted by atomic mass is 16.5. The summed E-state index contributed by atoms with van der Waals surface area (Å²) in [6, 6.07) is 14.3. The third-order valence-electron chi connectivity index (χ3n) is 4.57. The Hall–Kier alpha value is -3.46. The zero-order valence-electron chi connectivity index (χ0n) is 15.7. The minimum absolute atomic E-state index is 0.00229. The Morgan fingerprint density at radius 2 is 1.61 bits per heavy atom. The first-order valence-electron chi connectivity index (χ1n) is 9.05. The van der Waals surface area contributed by atoms with Crippen molar-refractivity contribution in [3.63, 3.8) is 0 Å². The molecule has 1 heterocycles. The van der Waals surface area contributed by atoms with Crippen molar-refractivity contribution in [1.29, 1.82) is 5.26 Å². The molecule has 142 valence electrons. The van der Waals surface area contributed by atoms with Crippen molar-refractivity contribution in [3.8, 4) is 6.07 Å². The molecule has 0 radical (unpaired) electrons. The number of ether oxygens (including phenoxy) is 1. The Morgan fingerprint density at radius 3 is 2.11 bits per heavy atom. The van der Waals surface area contributed by atoms with Gasteiger partial charge in [-0.2, -0.15) is 5.26 Å². The molecule has 6 heteroatoms. The number of esters is 1. The van der Waals surface area contributed by atoms with E-state index in [9.17, 15) is 14.4 Å². The first-order valence-corrected chi connectivity index (χ1v) is 9.05. The lowest BCUT2D eigenvalue weighted by Gasteiger charge is -2.26. The SMILES string of the molecule is CC(C)C[C@@H](C(=O)OCc1ccc(C#N)cc1)N1C(=O)c2ccccc2C1=O. The highest BCUT2D eigenvalue weighted by molar-refractivity contribution is 6.22. The van der Waals surface area contributed by atoms with Crippen LogP contribution in [0.3, 0.4) is 0 Å². The van der Waals surface area contributed by atoms with Gasteiger partial charge in [-0.1, -0.05) is 38.1 Å². The van der Waals surface area contributed by atoms with E-state index in [1.807, 2.05) is 19.9 Å². The number of hydrogen-bond donors (Lipinski definition) is 0. The van der Waals surface area contributed by atoms with Gasteiger partial charge in [-0.3, -0.25) is 14.5 Å². The fraction of sp³-hybridized carbons (Fsp3) is 0.273. The standard InChI is InChI=1S/C22H20N2O4/c1-14(2)11-19(22(27)28-13-16-9-7-15(12-23)8-10-16)24-20(25)17-5-3-4-6-18(17)21(24)26/h3-10,14,19H,11,13H2,1-2H3/t19-/m0/s1. The van der Waals surface area contributed by atoms with Gasteiger partial charge >= 0.3 is 5.97 Å². The van der Waals surface area contributed by atoms with Gasteiger partial charge in [-0.25, -0.2) is 4.79 Å². The van der Waals surface area contributed by atoms with Gasteiger partial charge in [0.2, 0.25) is 0 Å². The van der Waals surface area contributed by atoms with Gasteiger partial charge in [0.05, 0.1) is 22.8 Å². The Morgan fingerprint density at radius 1 is 1.04 bits per heavy atom. The van der Waals surface area contributed by atoms with Crippen molar-refractivity contribution in [2.75, 3.05) is 0 Å². The minimum atomic E-state index is -0.981. The van der Waals surface area contributed by atoms with Gasteiger partial charge in [0.15, 0.2) is 0 Å². The monoisotopic (exact) mass is 376 g/mol. The van der Waals surface area contributed by atoms with Crippen LogP contribution in [0, 0.1) is 17.2 Å². The van der Waals surface area contributed by atoms with Crippen LogP contribution in [0.2, 0.25) is 0 Å². The summed E-state index contributed by atoms with van der Waals surface area (Å²) in [7, 11) is 0. The lowest BCUT2D eigenvalue weighted by atomic mass is 10.0. The fourth-order valence-corrected chi connectivity index (χ4v) is 3.17. The van der Waals surface area contributed by atoms with Crippen LogP contribution >= 0.6 is 0 Å². The van der Waals surface area contributed by atoms with Crippen LogP contribution in [0.15, 0.2) is 48.5 Å². The molecule has 0 aliphatic carbocycles. The lowest BCUT2D eigenvalue weighted by Crippen LogP contribution is -2.46. The summed E-state index contributed by atoms with van der Waals surface area (Å²) in [4.78, 5) is 39.3. The molecule has 1 aliphatic heterocycles. The maximum Gasteiger partial charge on any atom is 0.329 e. The van der Waals surface area contributed by atoms with E-state index in [-0.39, 0.29) is 12.5 Å². The molecular formula is C22H20N2O4. The predicted octanol–water partition coefficient (Wildman–Crippen LogP) is 3.31. The molecular weight excluding hydrogens is 356 g/mol. The number of imide groups is 1. The molecule has 0 aromatic heterocycles. The molecule has 0 saturated heterocycles. The molecule has 0 saturated carbocycles. The van der Waals surface area contributed by atoms with Crippen LogP contribution < -0.4 is 0 Å². The number of benzene rings is 2. The van der Waals surface area contributed by atoms with Gasteiger partial charge in [-0.05, 0) is 42.2 Å². The Bertz CT molecular complexity index is 922. The van der Waals surface area contributed by atoms with Crippen molar-refractivity contribution in [2.45, 2.75) is 32.9 Å². The van der Waals surface area contributed by atoms with E-state index in [1.165, 1.54) is 0 Å². The van der Waals surface area contributed by atoms with E-state index in [4.69, 9.17) is 10.00 Å². The second-order valence-corrected chi connectivity index (χ2v) is 7.09. The predicted molar refractivity (Wildman–Crippen MR) is 101 cm³/mol. The molecule has 0 fully saturated rings. The third kappa shape index (κ3) is 3.79. The van der Waals surface area contributed by atoms with Gasteiger partial charge in [0.1, 0.15) is 12.6 Å². The normalized spacial score (nSPS) is 14.0. The average molecular weight is 376 g/mol. The number of amides is 2. The quantitative estimate of drug-likeness (QED) is 0.570. The van der Waals surface area contributed by atoms with E-state index in [0.29, 0.717) is 23.1 Å². The zero-order valence-corrected chi connectivity index (χ0v) is 15.7. The summed E-state index contributed by atoms with van der Waals surface area (Å²) in [5, 5.41) is 8.84. The first kappa shape index (κ1) is 19.3. The molecule has 3 rings (SSSR count). The topological polar surface area (TPSA) is 87.5 Å². The highest BCUT2D eigenvalue weighted by Gasteiger charge is 2.43. The Balaban J connectivity index is 1.78. The van der Waals surface area contributed by atoms with Gasteiger partial charge in [0, 0.05) is 0 Å². The summed E-state index contributed by atoms with van der Waals surface area (Å²) in [5.41, 5.74) is 1.85. The number of carbonyl (C=O) groups excluding carboxylic acids is 3. The van der Waals surface area contributed by atoms with E-state index < -0.39 is 23.8 Å². The molecule has 0 spiro atoms. The molecule has 1 aliphatic rings. The molecule has 0 unspecified atom stereocenters. The number of carbonyl (C=O) groups is 3. The van der Waals surface area contributed by atoms with Crippen LogP contribution in [0.5, 0.6) is 0 Å². The largest absolute Gasteiger partial charge is 0.459 e. The van der Waals surface area contributed by atoms with E-state index >= 15 is 0 Å². The molecule has 6 nitrogen and oxygen atoms in total. The minimum Gasteiger partial charge on any atom is -0.459 e. The fourth-order valence-electron chi connectivity index (χ4n) is 3.17. The first-order chi connectivity index (χ1) is 13.4. The van der Waals surface area contributed by atoms with Gasteiger partial charge < -0.3 is 4.74 Å². The van der Waals surface area contributed by atoms with E-state index in [1.54, 1.807) is 48.5 Å². The van der Waals surface area contributed by atoms with Crippen molar-refractivity contribution >= 4 is 17.8 Å². The molecule has 2 amide bonds. The second-order valence-electron chi connectivity index (χ2n) is 7.09. The highest BCUT2D eigenvalue weighted by Crippen LogP contribution is 2.27. The van der Waals surface area contributed by atoms with E-state index in [2.05, 4.69) is 0 Å². The third-order valence-corrected chi connectivity index (χ3v) is 4.57. The summed E-state index contributed by atoms with van der Waals surface area (Å²) in [5.74, 6) is -1.48. The second kappa shape index (κ2) is 8.05. The maximum atomic E-state index is 12.8. The van der Waals surface area contributed by atoms with Crippen LogP contribution in [0.25, 0.3) is 0 Å². The average Bonchev–Trinajstić information content (AvgIpc) is 2.95. The zero-order chi connectivity index (χ0) is 20.3. The number of fused-ring (bicyclic) bond motifs is 1. The van der Waals surface area contributed by atoms with Crippen LogP contribution in [0.4, 0.5) is 0 Å². The Kier molecular flexibility index (Phi) is 5.55. The molecule has 0 bridgehead atoms. The number of nitrogens with zero attached hydrogens (tertiary/aromatic N) is 2. The summed E-state index contributed by atoms with van der Waals surface area (Å²) in [6.45, 7) is 3.83. The molecule has 2 aromatic rings. The van der Waals surface area contributed by atoms with Gasteiger partial charge in [-0.15, -0.1) is 0 Å². The molecule has 28 heavy (non-hydrogen) atoms. The lowest BCUT2D eigenvalue weighted by molar-refractivity contribution is -0.150. The van der Waals surface area contributed by atoms with Crippen molar-refractivity contribution in [3.05, 3.63) is 70.8 Å². The smallest absolute Gasteiger partial charge is 0.329 e. The number of hydrogen-bond acceptors (Lipinski definition) is 5. The maximum absolute atomic E-state index is 12.8. The number of rotatable bonds is 6. The summed E-state index contributed by atoms with van der Waals surface area (Å²) < 4.78 is 5.40. The van der Waals surface area contributed by atoms with Crippen LogP contribution in [-0.4, -0.2) is 28.7 Å². The van der Waals surface area contributed by atoms with Crippen molar-refractivity contribution < 1.29 is 19.1 Å². The van der Waals surface area contributed by atoms with Crippen molar-refractivity contribution in [2.24, 2.45) is 5.92 Å². The van der Waals surface area contributed by atoms with Crippen molar-refractivity contribution in [1.82, 2.24) is 4.90 Å². The van der Waals surface area contributed by atoms with Gasteiger partial charge in [0.25, 0.3) is 11.8 Å². The summed E-state index contributed by atoms with van der Waals surface area (Å²) in [6.07, 6.45) is 0.317. The summed E-state index contributed by atoms with van der Waals surface area (Å²) >= 11 is 0. The molecule has 2 aromatic carbocycles. The molecule has 0 N–H and O–H groups in total. The Labute approximate surface area is 163 Å². The van der Waals surface area contributed by atoms with E-state index in [0.717, 1.165) is 10.5 Å². The molecule has 1 atom stereocenters.